The Morgan fingerprint density at radius 1 is 1.21 bits per heavy atom. The normalized spacial score (nSPS) is 15.5. The third-order valence-corrected chi connectivity index (χ3v) is 4.36. The van der Waals surface area contributed by atoms with Gasteiger partial charge in [0.15, 0.2) is 0 Å². The summed E-state index contributed by atoms with van der Waals surface area (Å²) in [5.41, 5.74) is 9.24. The lowest BCUT2D eigenvalue weighted by Crippen LogP contribution is -2.43. The number of benzene rings is 2. The van der Waals surface area contributed by atoms with Crippen molar-refractivity contribution in [3.8, 4) is 5.75 Å². The van der Waals surface area contributed by atoms with Crippen LogP contribution in [-0.4, -0.2) is 19.1 Å². The second-order valence-corrected chi connectivity index (χ2v) is 6.03. The molecule has 0 aromatic heterocycles. The van der Waals surface area contributed by atoms with E-state index >= 15 is 0 Å². The fourth-order valence-electron chi connectivity index (χ4n) is 2.92. The van der Waals surface area contributed by atoms with Gasteiger partial charge in [-0.3, -0.25) is 4.79 Å². The van der Waals surface area contributed by atoms with Crippen LogP contribution < -0.4 is 15.4 Å². The van der Waals surface area contributed by atoms with Gasteiger partial charge in [0.2, 0.25) is 5.91 Å². The fraction of sp³-hybridized carbons (Fsp3) is 0.316. The Labute approximate surface area is 149 Å². The van der Waals surface area contributed by atoms with E-state index in [4.69, 9.17) is 10.5 Å². The van der Waals surface area contributed by atoms with E-state index in [1.165, 1.54) is 0 Å². The van der Waals surface area contributed by atoms with Crippen LogP contribution in [0.5, 0.6) is 5.75 Å². The summed E-state index contributed by atoms with van der Waals surface area (Å²) in [4.78, 5) is 14.7. The standard InChI is InChI=1S/C19H22N2O2.ClH/c1-13-8-9-16-17(12-13)23-11-10-21(16)19(22)14(2)18(20)15-6-4-3-5-7-15;/h3-9,12,14,18H,10-11,20H2,1-2H3;1H. The van der Waals surface area contributed by atoms with Gasteiger partial charge in [0.1, 0.15) is 12.4 Å². The first-order valence-corrected chi connectivity index (χ1v) is 7.93. The summed E-state index contributed by atoms with van der Waals surface area (Å²) in [7, 11) is 0. The van der Waals surface area contributed by atoms with E-state index in [-0.39, 0.29) is 30.3 Å². The Morgan fingerprint density at radius 2 is 1.92 bits per heavy atom. The largest absolute Gasteiger partial charge is 0.490 e. The van der Waals surface area contributed by atoms with Crippen LogP contribution in [0.25, 0.3) is 0 Å². The highest BCUT2D eigenvalue weighted by Gasteiger charge is 2.30. The van der Waals surface area contributed by atoms with Gasteiger partial charge in [-0.05, 0) is 30.2 Å². The summed E-state index contributed by atoms with van der Waals surface area (Å²) in [6.45, 7) is 4.97. The topological polar surface area (TPSA) is 55.6 Å². The van der Waals surface area contributed by atoms with Crippen molar-refractivity contribution in [3.05, 3.63) is 59.7 Å². The molecular formula is C19H23ClN2O2. The number of anilines is 1. The maximum atomic E-state index is 13.0. The smallest absolute Gasteiger partial charge is 0.231 e. The Balaban J connectivity index is 0.00000208. The van der Waals surface area contributed by atoms with Gasteiger partial charge in [0.05, 0.1) is 18.2 Å². The number of nitrogens with two attached hydrogens (primary N) is 1. The molecular weight excluding hydrogens is 324 g/mol. The van der Waals surface area contributed by atoms with Crippen LogP contribution in [0.3, 0.4) is 0 Å². The molecule has 1 heterocycles. The summed E-state index contributed by atoms with van der Waals surface area (Å²) in [5.74, 6) is 0.504. The molecule has 24 heavy (non-hydrogen) atoms. The average molecular weight is 347 g/mol. The second-order valence-electron chi connectivity index (χ2n) is 6.03. The molecule has 1 aliphatic rings. The number of rotatable bonds is 3. The first-order chi connectivity index (χ1) is 11.1. The highest BCUT2D eigenvalue weighted by Crippen LogP contribution is 2.34. The van der Waals surface area contributed by atoms with Crippen molar-refractivity contribution in [1.29, 1.82) is 0 Å². The number of hydrogen-bond acceptors (Lipinski definition) is 3. The van der Waals surface area contributed by atoms with E-state index in [2.05, 4.69) is 0 Å². The van der Waals surface area contributed by atoms with Gasteiger partial charge in [-0.2, -0.15) is 0 Å². The Morgan fingerprint density at radius 3 is 2.62 bits per heavy atom. The zero-order chi connectivity index (χ0) is 16.4. The number of halogens is 1. The molecule has 0 radical (unpaired) electrons. The van der Waals surface area contributed by atoms with Crippen molar-refractivity contribution in [2.75, 3.05) is 18.1 Å². The minimum Gasteiger partial charge on any atom is -0.490 e. The van der Waals surface area contributed by atoms with Crippen molar-refractivity contribution in [3.63, 3.8) is 0 Å². The van der Waals surface area contributed by atoms with E-state index in [1.807, 2.05) is 62.4 Å². The number of fused-ring (bicyclic) bond motifs is 1. The van der Waals surface area contributed by atoms with Crippen molar-refractivity contribution in [2.45, 2.75) is 19.9 Å². The van der Waals surface area contributed by atoms with E-state index in [0.29, 0.717) is 13.2 Å². The van der Waals surface area contributed by atoms with Crippen LogP contribution in [0.1, 0.15) is 24.1 Å². The molecule has 5 heteroatoms. The summed E-state index contributed by atoms with van der Waals surface area (Å²) < 4.78 is 5.68. The van der Waals surface area contributed by atoms with E-state index in [0.717, 1.165) is 22.6 Å². The number of aryl methyl sites for hydroxylation is 1. The zero-order valence-electron chi connectivity index (χ0n) is 13.9. The van der Waals surface area contributed by atoms with Gasteiger partial charge in [-0.1, -0.05) is 43.3 Å². The van der Waals surface area contributed by atoms with Crippen LogP contribution in [-0.2, 0) is 4.79 Å². The van der Waals surface area contributed by atoms with Crippen LogP contribution in [0.4, 0.5) is 5.69 Å². The molecule has 0 fully saturated rings. The lowest BCUT2D eigenvalue weighted by atomic mass is 9.94. The third-order valence-electron chi connectivity index (χ3n) is 4.36. The Bertz CT molecular complexity index is 706. The van der Waals surface area contributed by atoms with Crippen molar-refractivity contribution < 1.29 is 9.53 Å². The van der Waals surface area contributed by atoms with Gasteiger partial charge >= 0.3 is 0 Å². The molecule has 2 unspecified atom stereocenters. The summed E-state index contributed by atoms with van der Waals surface area (Å²) in [6.07, 6.45) is 0. The maximum Gasteiger partial charge on any atom is 0.231 e. The predicted molar refractivity (Wildman–Crippen MR) is 98.8 cm³/mol. The van der Waals surface area contributed by atoms with Crippen molar-refractivity contribution in [1.82, 2.24) is 0 Å². The summed E-state index contributed by atoms with van der Waals surface area (Å²) >= 11 is 0. The van der Waals surface area contributed by atoms with E-state index in [1.54, 1.807) is 4.90 Å². The number of carbonyl (C=O) groups is 1. The minimum atomic E-state index is -0.319. The summed E-state index contributed by atoms with van der Waals surface area (Å²) in [6, 6.07) is 15.4. The predicted octanol–water partition coefficient (Wildman–Crippen LogP) is 3.48. The van der Waals surface area contributed by atoms with Gasteiger partial charge in [0.25, 0.3) is 0 Å². The molecule has 0 saturated heterocycles. The molecule has 2 N–H and O–H groups in total. The molecule has 0 saturated carbocycles. The number of nitrogens with zero attached hydrogens (tertiary/aromatic N) is 1. The molecule has 3 rings (SSSR count). The quantitative estimate of drug-likeness (QED) is 0.925. The lowest BCUT2D eigenvalue weighted by Gasteiger charge is -2.33. The first kappa shape index (κ1) is 18.3. The third kappa shape index (κ3) is 3.55. The molecule has 0 aliphatic carbocycles. The molecule has 2 aromatic rings. The first-order valence-electron chi connectivity index (χ1n) is 7.93. The Hall–Kier alpha value is -2.04. The molecule has 0 bridgehead atoms. The number of hydrogen-bond donors (Lipinski definition) is 1. The zero-order valence-corrected chi connectivity index (χ0v) is 14.8. The average Bonchev–Trinajstić information content (AvgIpc) is 2.59. The highest BCUT2D eigenvalue weighted by molar-refractivity contribution is 5.97. The van der Waals surface area contributed by atoms with E-state index in [9.17, 15) is 4.79 Å². The van der Waals surface area contributed by atoms with Gasteiger partial charge in [-0.25, -0.2) is 0 Å². The van der Waals surface area contributed by atoms with Crippen LogP contribution >= 0.6 is 12.4 Å². The molecule has 4 nitrogen and oxygen atoms in total. The molecule has 1 amide bonds. The molecule has 128 valence electrons. The van der Waals surface area contributed by atoms with Crippen LogP contribution in [0.2, 0.25) is 0 Å². The van der Waals surface area contributed by atoms with Crippen LogP contribution in [0.15, 0.2) is 48.5 Å². The van der Waals surface area contributed by atoms with Gasteiger partial charge in [-0.15, -0.1) is 12.4 Å². The van der Waals surface area contributed by atoms with Crippen LogP contribution in [0, 0.1) is 12.8 Å². The highest BCUT2D eigenvalue weighted by atomic mass is 35.5. The number of carbonyl (C=O) groups excluding carboxylic acids is 1. The SMILES string of the molecule is Cc1ccc2c(c1)OCCN2C(=O)C(C)C(N)c1ccccc1.Cl. The molecule has 0 spiro atoms. The molecule has 2 atom stereocenters. The second kappa shape index (κ2) is 7.69. The summed E-state index contributed by atoms with van der Waals surface area (Å²) in [5, 5.41) is 0. The lowest BCUT2D eigenvalue weighted by molar-refractivity contribution is -0.122. The van der Waals surface area contributed by atoms with E-state index < -0.39 is 0 Å². The van der Waals surface area contributed by atoms with Gasteiger partial charge in [0, 0.05) is 6.04 Å². The minimum absolute atomic E-state index is 0. The molecule has 1 aliphatic heterocycles. The Kier molecular flexibility index (Phi) is 5.86. The molecule has 2 aromatic carbocycles. The maximum absolute atomic E-state index is 13.0. The number of amides is 1. The number of ether oxygens (including phenoxy) is 1. The van der Waals surface area contributed by atoms with Gasteiger partial charge < -0.3 is 15.4 Å². The van der Waals surface area contributed by atoms with Crippen molar-refractivity contribution in [2.24, 2.45) is 11.7 Å². The monoisotopic (exact) mass is 346 g/mol. The van der Waals surface area contributed by atoms with Crippen molar-refractivity contribution >= 4 is 24.0 Å². The fourth-order valence-corrected chi connectivity index (χ4v) is 2.92.